The minimum atomic E-state index is -0.849. The summed E-state index contributed by atoms with van der Waals surface area (Å²) in [6.45, 7) is 5.95. The number of nitrogens with zero attached hydrogens (tertiary/aromatic N) is 1. The number of pyridine rings is 1. The Bertz CT molecular complexity index is 489. The molecule has 1 aromatic heterocycles. The Morgan fingerprint density at radius 3 is 2.60 bits per heavy atom. The van der Waals surface area contributed by atoms with E-state index < -0.39 is 5.97 Å². The van der Waals surface area contributed by atoms with Crippen molar-refractivity contribution in [1.29, 1.82) is 0 Å². The van der Waals surface area contributed by atoms with Crippen LogP contribution < -0.4 is 10.6 Å². The van der Waals surface area contributed by atoms with Crippen molar-refractivity contribution < 1.29 is 14.7 Å². The molecule has 6 nitrogen and oxygen atoms in total. The van der Waals surface area contributed by atoms with Gasteiger partial charge in [0.15, 0.2) is 0 Å². The lowest BCUT2D eigenvalue weighted by Gasteiger charge is -2.14. The van der Waals surface area contributed by atoms with Crippen LogP contribution in [0.3, 0.4) is 0 Å². The van der Waals surface area contributed by atoms with Crippen molar-refractivity contribution in [2.75, 3.05) is 11.9 Å². The summed E-state index contributed by atoms with van der Waals surface area (Å²) in [5, 5.41) is 14.1. The maximum absolute atomic E-state index is 11.8. The van der Waals surface area contributed by atoms with Gasteiger partial charge in [-0.15, -0.1) is 0 Å². The maximum atomic E-state index is 11.8. The second-order valence-electron chi connectivity index (χ2n) is 4.79. The molecule has 3 N–H and O–H groups in total. The molecule has 0 aliphatic rings. The number of carboxylic acid groups (broad SMARTS) is 1. The number of carbonyl (C=O) groups excluding carboxylic acids is 1. The average Bonchev–Trinajstić information content (AvgIpc) is 2.37. The fourth-order valence-corrected chi connectivity index (χ4v) is 1.83. The number of hydrogen-bond donors (Lipinski definition) is 3. The third-order valence-corrected chi connectivity index (χ3v) is 3.07. The van der Waals surface area contributed by atoms with Crippen LogP contribution in [0.2, 0.25) is 0 Å². The number of carboxylic acids is 1. The first-order valence-corrected chi connectivity index (χ1v) is 6.63. The molecule has 0 bridgehead atoms. The first-order valence-electron chi connectivity index (χ1n) is 6.63. The van der Waals surface area contributed by atoms with Crippen LogP contribution in [0.5, 0.6) is 0 Å². The van der Waals surface area contributed by atoms with Crippen LogP contribution in [-0.2, 0) is 4.79 Å². The zero-order valence-electron chi connectivity index (χ0n) is 12.1. The van der Waals surface area contributed by atoms with E-state index in [1.807, 2.05) is 26.8 Å². The van der Waals surface area contributed by atoms with Gasteiger partial charge in [-0.2, -0.15) is 0 Å². The van der Waals surface area contributed by atoms with Gasteiger partial charge in [0.2, 0.25) is 0 Å². The highest BCUT2D eigenvalue weighted by atomic mass is 16.4. The third kappa shape index (κ3) is 5.26. The SMILES string of the molecule is CCC(CNC(=O)Nc1ccc(C)nc1C)CC(=O)O. The standard InChI is InChI=1S/C14H21N3O3/c1-4-11(7-13(18)19)8-15-14(20)17-12-6-5-9(2)16-10(12)3/h5-6,11H,4,7-8H2,1-3H3,(H,18,19)(H2,15,17,20). The highest BCUT2D eigenvalue weighted by molar-refractivity contribution is 5.89. The predicted octanol–water partition coefficient (Wildman–Crippen LogP) is 2.32. The van der Waals surface area contributed by atoms with Crippen molar-refractivity contribution in [3.8, 4) is 0 Å². The van der Waals surface area contributed by atoms with E-state index in [0.717, 1.165) is 11.4 Å². The summed E-state index contributed by atoms with van der Waals surface area (Å²) in [6.07, 6.45) is 0.763. The van der Waals surface area contributed by atoms with Gasteiger partial charge < -0.3 is 15.7 Å². The van der Waals surface area contributed by atoms with E-state index >= 15 is 0 Å². The molecule has 0 fully saturated rings. The van der Waals surface area contributed by atoms with Crippen molar-refractivity contribution >= 4 is 17.7 Å². The van der Waals surface area contributed by atoms with Crippen molar-refractivity contribution in [1.82, 2.24) is 10.3 Å². The van der Waals surface area contributed by atoms with E-state index in [-0.39, 0.29) is 18.4 Å². The first kappa shape index (κ1) is 15.9. The summed E-state index contributed by atoms with van der Waals surface area (Å²) in [5.41, 5.74) is 2.29. The Morgan fingerprint density at radius 1 is 1.35 bits per heavy atom. The quantitative estimate of drug-likeness (QED) is 0.745. The molecule has 0 saturated heterocycles. The number of amides is 2. The maximum Gasteiger partial charge on any atom is 0.319 e. The van der Waals surface area contributed by atoms with E-state index in [4.69, 9.17) is 5.11 Å². The van der Waals surface area contributed by atoms with Crippen LogP contribution in [0.4, 0.5) is 10.5 Å². The van der Waals surface area contributed by atoms with Crippen molar-refractivity contribution in [3.05, 3.63) is 23.5 Å². The van der Waals surface area contributed by atoms with Crippen LogP contribution in [-0.4, -0.2) is 28.6 Å². The van der Waals surface area contributed by atoms with E-state index in [0.29, 0.717) is 18.7 Å². The summed E-state index contributed by atoms with van der Waals surface area (Å²) < 4.78 is 0. The molecular formula is C14H21N3O3. The van der Waals surface area contributed by atoms with Gasteiger partial charge >= 0.3 is 12.0 Å². The molecule has 1 rings (SSSR count). The Kier molecular flexibility index (Phi) is 5.96. The molecule has 0 aliphatic heterocycles. The molecule has 0 saturated carbocycles. The zero-order chi connectivity index (χ0) is 15.1. The molecular weight excluding hydrogens is 258 g/mol. The molecule has 1 atom stereocenters. The number of urea groups is 1. The van der Waals surface area contributed by atoms with Crippen molar-refractivity contribution in [2.24, 2.45) is 5.92 Å². The van der Waals surface area contributed by atoms with Gasteiger partial charge in [0.25, 0.3) is 0 Å². The van der Waals surface area contributed by atoms with E-state index in [2.05, 4.69) is 15.6 Å². The van der Waals surface area contributed by atoms with Crippen LogP contribution in [0.15, 0.2) is 12.1 Å². The number of rotatable bonds is 6. The Balaban J connectivity index is 2.49. The number of anilines is 1. The summed E-state index contributed by atoms with van der Waals surface area (Å²) in [5.74, 6) is -0.909. The van der Waals surface area contributed by atoms with Gasteiger partial charge in [0.1, 0.15) is 0 Å². The second kappa shape index (κ2) is 7.47. The van der Waals surface area contributed by atoms with Gasteiger partial charge in [-0.1, -0.05) is 13.3 Å². The Labute approximate surface area is 118 Å². The van der Waals surface area contributed by atoms with Gasteiger partial charge in [-0.05, 0) is 31.9 Å². The van der Waals surface area contributed by atoms with E-state index in [9.17, 15) is 9.59 Å². The zero-order valence-corrected chi connectivity index (χ0v) is 12.1. The number of nitrogens with one attached hydrogen (secondary N) is 2. The molecule has 1 heterocycles. The van der Waals surface area contributed by atoms with Gasteiger partial charge in [-0.3, -0.25) is 9.78 Å². The lowest BCUT2D eigenvalue weighted by atomic mass is 10.0. The molecule has 1 unspecified atom stereocenters. The number of aryl methyl sites for hydroxylation is 2. The average molecular weight is 279 g/mol. The molecule has 0 radical (unpaired) electrons. The van der Waals surface area contributed by atoms with Crippen LogP contribution in [0.1, 0.15) is 31.2 Å². The molecule has 1 aromatic rings. The molecule has 2 amide bonds. The number of hydrogen-bond acceptors (Lipinski definition) is 3. The molecule has 110 valence electrons. The lowest BCUT2D eigenvalue weighted by Crippen LogP contribution is -2.33. The molecule has 0 aromatic carbocycles. The highest BCUT2D eigenvalue weighted by Crippen LogP contribution is 2.12. The summed E-state index contributed by atoms with van der Waals surface area (Å²) in [6, 6.07) is 3.27. The van der Waals surface area contributed by atoms with Crippen LogP contribution in [0.25, 0.3) is 0 Å². The molecule has 0 spiro atoms. The second-order valence-corrected chi connectivity index (χ2v) is 4.79. The normalized spacial score (nSPS) is 11.8. The van der Waals surface area contributed by atoms with Crippen molar-refractivity contribution in [2.45, 2.75) is 33.6 Å². The van der Waals surface area contributed by atoms with Gasteiger partial charge in [0, 0.05) is 18.7 Å². The van der Waals surface area contributed by atoms with Crippen molar-refractivity contribution in [3.63, 3.8) is 0 Å². The number of carbonyl (C=O) groups is 2. The fourth-order valence-electron chi connectivity index (χ4n) is 1.83. The topological polar surface area (TPSA) is 91.3 Å². The predicted molar refractivity (Wildman–Crippen MR) is 76.8 cm³/mol. The summed E-state index contributed by atoms with van der Waals surface area (Å²) in [7, 11) is 0. The monoisotopic (exact) mass is 279 g/mol. The number of aliphatic carboxylic acids is 1. The lowest BCUT2D eigenvalue weighted by molar-refractivity contribution is -0.138. The highest BCUT2D eigenvalue weighted by Gasteiger charge is 2.13. The number of aromatic nitrogens is 1. The fraction of sp³-hybridized carbons (Fsp3) is 0.500. The third-order valence-electron chi connectivity index (χ3n) is 3.07. The molecule has 20 heavy (non-hydrogen) atoms. The first-order chi connectivity index (χ1) is 9.42. The van der Waals surface area contributed by atoms with Crippen LogP contribution >= 0.6 is 0 Å². The molecule has 0 aliphatic carbocycles. The van der Waals surface area contributed by atoms with E-state index in [1.165, 1.54) is 0 Å². The van der Waals surface area contributed by atoms with E-state index in [1.54, 1.807) is 6.07 Å². The largest absolute Gasteiger partial charge is 0.481 e. The van der Waals surface area contributed by atoms with Gasteiger partial charge in [-0.25, -0.2) is 4.79 Å². The Hall–Kier alpha value is -2.11. The van der Waals surface area contributed by atoms with Crippen LogP contribution in [0, 0.1) is 19.8 Å². The smallest absolute Gasteiger partial charge is 0.319 e. The Morgan fingerprint density at radius 2 is 2.05 bits per heavy atom. The minimum Gasteiger partial charge on any atom is -0.481 e. The molecule has 6 heteroatoms. The minimum absolute atomic E-state index is 0.0574. The summed E-state index contributed by atoms with van der Waals surface area (Å²) >= 11 is 0. The van der Waals surface area contributed by atoms with Gasteiger partial charge in [0.05, 0.1) is 11.4 Å². The summed E-state index contributed by atoms with van der Waals surface area (Å²) in [4.78, 5) is 26.7.